The molecule has 3 aromatic rings. The molecule has 2 aromatic carbocycles. The first-order chi connectivity index (χ1) is 10.7. The third-order valence-corrected chi connectivity index (χ3v) is 3.95. The molecule has 0 aliphatic heterocycles. The van der Waals surface area contributed by atoms with E-state index in [9.17, 15) is 4.79 Å². The van der Waals surface area contributed by atoms with Crippen LogP contribution in [-0.4, -0.2) is 22.7 Å². The van der Waals surface area contributed by atoms with Crippen molar-refractivity contribution < 1.29 is 9.53 Å². The lowest BCUT2D eigenvalue weighted by Gasteiger charge is -2.02. The van der Waals surface area contributed by atoms with E-state index in [2.05, 4.69) is 5.10 Å². The van der Waals surface area contributed by atoms with E-state index in [4.69, 9.17) is 10.1 Å². The first-order valence-corrected chi connectivity index (χ1v) is 7.39. The molecule has 0 aliphatic rings. The molecule has 0 fully saturated rings. The predicted octanol–water partition coefficient (Wildman–Crippen LogP) is 2.65. The number of nitrogens with one attached hydrogen (secondary N) is 1. The van der Waals surface area contributed by atoms with Crippen LogP contribution in [0.15, 0.2) is 54.6 Å². The second-order valence-electron chi connectivity index (χ2n) is 4.52. The number of nitrogens with zero attached hydrogens (tertiary/aromatic N) is 2. The van der Waals surface area contributed by atoms with Crippen molar-refractivity contribution in [3.05, 3.63) is 70.0 Å². The van der Waals surface area contributed by atoms with Crippen LogP contribution in [-0.2, 0) is 0 Å². The summed E-state index contributed by atoms with van der Waals surface area (Å²) in [6, 6.07) is 16.1. The van der Waals surface area contributed by atoms with Gasteiger partial charge in [0.05, 0.1) is 12.8 Å². The molecule has 0 saturated heterocycles. The van der Waals surface area contributed by atoms with Crippen molar-refractivity contribution in [2.45, 2.75) is 0 Å². The number of hydrogen-bond acceptors (Lipinski definition) is 5. The van der Waals surface area contributed by atoms with Crippen molar-refractivity contribution in [2.24, 2.45) is 0 Å². The molecule has 22 heavy (non-hydrogen) atoms. The van der Waals surface area contributed by atoms with Crippen LogP contribution >= 0.6 is 11.3 Å². The maximum absolute atomic E-state index is 12.4. The van der Waals surface area contributed by atoms with Crippen molar-refractivity contribution in [2.75, 3.05) is 7.11 Å². The highest BCUT2D eigenvalue weighted by Crippen LogP contribution is 2.15. The number of carbonyl (C=O) groups excluding carboxylic acids is 1. The van der Waals surface area contributed by atoms with Gasteiger partial charge in [-0.15, -0.1) is 0 Å². The van der Waals surface area contributed by atoms with Gasteiger partial charge in [0, 0.05) is 5.56 Å². The van der Waals surface area contributed by atoms with E-state index in [-0.39, 0.29) is 10.6 Å². The fourth-order valence-electron chi connectivity index (χ4n) is 1.99. The molecule has 0 radical (unpaired) electrons. The Hall–Kier alpha value is -2.73. The summed E-state index contributed by atoms with van der Waals surface area (Å²) in [6.45, 7) is 0. The van der Waals surface area contributed by atoms with Crippen molar-refractivity contribution in [3.8, 4) is 11.4 Å². The van der Waals surface area contributed by atoms with Gasteiger partial charge in [0.2, 0.25) is 10.6 Å². The Balaban J connectivity index is 1.97. The smallest absolute Gasteiger partial charge is 0.223 e. The van der Waals surface area contributed by atoms with Gasteiger partial charge in [-0.1, -0.05) is 41.7 Å². The Morgan fingerprint density at radius 3 is 2.45 bits per heavy atom. The van der Waals surface area contributed by atoms with Gasteiger partial charge in [0.25, 0.3) is 0 Å². The van der Waals surface area contributed by atoms with Crippen LogP contribution in [0.5, 0.6) is 5.75 Å². The summed E-state index contributed by atoms with van der Waals surface area (Å²) >= 11 is 1.06. The Kier molecular flexibility index (Phi) is 3.84. The summed E-state index contributed by atoms with van der Waals surface area (Å²) in [5, 5.41) is 12.6. The molecule has 3 rings (SSSR count). The zero-order chi connectivity index (χ0) is 15.5. The molecule has 0 unspecified atom stereocenters. The molecule has 0 spiro atoms. The summed E-state index contributed by atoms with van der Waals surface area (Å²) in [5.74, 6) is 0.554. The van der Waals surface area contributed by atoms with Gasteiger partial charge in [-0.25, -0.2) is 4.68 Å². The standard InChI is InChI=1S/C16H13N3O2S/c1-21-13-9-7-12(8-10-13)19-16(17)22-15(18-19)14(20)11-5-3-2-4-6-11/h2-10,17H,1H3. The number of rotatable bonds is 4. The molecule has 1 heterocycles. The van der Waals surface area contributed by atoms with Gasteiger partial charge >= 0.3 is 0 Å². The number of hydrogen-bond donors (Lipinski definition) is 1. The summed E-state index contributed by atoms with van der Waals surface area (Å²) in [4.78, 5) is 12.6. The predicted molar refractivity (Wildman–Crippen MR) is 83.7 cm³/mol. The van der Waals surface area contributed by atoms with Crippen LogP contribution in [0.3, 0.4) is 0 Å². The molecule has 0 aliphatic carbocycles. The third kappa shape index (κ3) is 2.68. The van der Waals surface area contributed by atoms with Crippen LogP contribution in [0.25, 0.3) is 5.69 Å². The van der Waals surface area contributed by atoms with Crippen LogP contribution in [0.1, 0.15) is 15.4 Å². The first kappa shape index (κ1) is 14.2. The van der Waals surface area contributed by atoms with E-state index >= 15 is 0 Å². The molecular formula is C16H13N3O2S. The minimum absolute atomic E-state index is 0.175. The molecule has 1 N–H and O–H groups in total. The molecule has 0 saturated carbocycles. The molecular weight excluding hydrogens is 298 g/mol. The lowest BCUT2D eigenvalue weighted by molar-refractivity contribution is 0.103. The Morgan fingerprint density at radius 2 is 1.82 bits per heavy atom. The van der Waals surface area contributed by atoms with Crippen molar-refractivity contribution in [1.29, 1.82) is 5.41 Å². The molecule has 0 bridgehead atoms. The minimum Gasteiger partial charge on any atom is -0.497 e. The Bertz CT molecular complexity index is 851. The quantitative estimate of drug-likeness (QED) is 0.753. The maximum atomic E-state index is 12.4. The molecule has 1 aromatic heterocycles. The second-order valence-corrected chi connectivity index (χ2v) is 5.49. The molecule has 6 heteroatoms. The number of aromatic nitrogens is 2. The second kappa shape index (κ2) is 5.95. The number of carbonyl (C=O) groups is 1. The summed E-state index contributed by atoms with van der Waals surface area (Å²) in [5.41, 5.74) is 1.28. The van der Waals surface area contributed by atoms with E-state index in [0.29, 0.717) is 16.3 Å². The highest BCUT2D eigenvalue weighted by molar-refractivity contribution is 7.11. The maximum Gasteiger partial charge on any atom is 0.223 e. The number of benzene rings is 2. The summed E-state index contributed by atoms with van der Waals surface area (Å²) in [6.07, 6.45) is 0. The number of ether oxygens (including phenoxy) is 1. The van der Waals surface area contributed by atoms with Crippen LogP contribution in [0.2, 0.25) is 0 Å². The highest BCUT2D eigenvalue weighted by Gasteiger charge is 2.15. The lowest BCUT2D eigenvalue weighted by Crippen LogP contribution is -2.12. The average molecular weight is 311 g/mol. The van der Waals surface area contributed by atoms with E-state index in [1.165, 1.54) is 4.68 Å². The zero-order valence-corrected chi connectivity index (χ0v) is 12.6. The SMILES string of the molecule is COc1ccc(-n2nc(C(=O)c3ccccc3)sc2=N)cc1. The van der Waals surface area contributed by atoms with Crippen molar-refractivity contribution in [1.82, 2.24) is 9.78 Å². The fourth-order valence-corrected chi connectivity index (χ4v) is 2.74. The van der Waals surface area contributed by atoms with Crippen LogP contribution < -0.4 is 9.54 Å². The van der Waals surface area contributed by atoms with Gasteiger partial charge in [-0.2, -0.15) is 5.10 Å². The summed E-state index contributed by atoms with van der Waals surface area (Å²) < 4.78 is 6.55. The molecule has 110 valence electrons. The first-order valence-electron chi connectivity index (χ1n) is 6.58. The van der Waals surface area contributed by atoms with Gasteiger partial charge in [-0.05, 0) is 24.3 Å². The van der Waals surface area contributed by atoms with Crippen molar-refractivity contribution >= 4 is 17.1 Å². The van der Waals surface area contributed by atoms with Crippen molar-refractivity contribution in [3.63, 3.8) is 0 Å². The third-order valence-electron chi connectivity index (χ3n) is 3.12. The molecule has 0 atom stereocenters. The lowest BCUT2D eigenvalue weighted by atomic mass is 10.1. The van der Waals surface area contributed by atoms with E-state index in [1.807, 2.05) is 6.07 Å². The van der Waals surface area contributed by atoms with Crippen LogP contribution in [0, 0.1) is 5.41 Å². The zero-order valence-electron chi connectivity index (χ0n) is 11.8. The largest absolute Gasteiger partial charge is 0.497 e. The average Bonchev–Trinajstić information content (AvgIpc) is 2.97. The molecule has 0 amide bonds. The van der Waals surface area contributed by atoms with Gasteiger partial charge in [-0.3, -0.25) is 10.2 Å². The minimum atomic E-state index is -0.175. The summed E-state index contributed by atoms with van der Waals surface area (Å²) in [7, 11) is 1.59. The van der Waals surface area contributed by atoms with E-state index in [1.54, 1.807) is 55.6 Å². The number of ketones is 1. The Morgan fingerprint density at radius 1 is 1.14 bits per heavy atom. The van der Waals surface area contributed by atoms with E-state index < -0.39 is 0 Å². The molecule has 5 nitrogen and oxygen atoms in total. The van der Waals surface area contributed by atoms with Crippen LogP contribution in [0.4, 0.5) is 0 Å². The fraction of sp³-hybridized carbons (Fsp3) is 0.0625. The normalized spacial score (nSPS) is 10.4. The monoisotopic (exact) mass is 311 g/mol. The Labute approximate surface area is 130 Å². The number of methoxy groups -OCH3 is 1. The van der Waals surface area contributed by atoms with E-state index in [0.717, 1.165) is 17.1 Å². The van der Waals surface area contributed by atoms with Gasteiger partial charge in [0.1, 0.15) is 5.75 Å². The topological polar surface area (TPSA) is 68.0 Å². The van der Waals surface area contributed by atoms with Gasteiger partial charge < -0.3 is 4.74 Å². The van der Waals surface area contributed by atoms with Gasteiger partial charge in [0.15, 0.2) is 5.01 Å². The highest BCUT2D eigenvalue weighted by atomic mass is 32.1.